The van der Waals surface area contributed by atoms with Gasteiger partial charge in [-0.25, -0.2) is 19.7 Å². The fraction of sp³-hybridized carbons (Fsp3) is 0.356. The molecule has 0 amide bonds. The van der Waals surface area contributed by atoms with E-state index in [1.165, 1.54) is 99.8 Å². The molecule has 656 valence electrons. The molecule has 124 heavy (non-hydrogen) atoms. The molecular formula is C104H123BClF4IN5O8+. The summed E-state index contributed by atoms with van der Waals surface area (Å²) in [4.78, 5) is 29.1. The van der Waals surface area contributed by atoms with E-state index in [1.54, 1.807) is 40.6 Å². The second-order valence-corrected chi connectivity index (χ2v) is 37.3. The van der Waals surface area contributed by atoms with Crippen LogP contribution in [0, 0.1) is 21.0 Å². The number of aryl methyl sites for hydroxylation is 2. The normalized spacial score (nSPS) is 14.4. The van der Waals surface area contributed by atoms with Gasteiger partial charge in [-0.2, -0.15) is 4.58 Å². The number of aromatic nitrogens is 3. The van der Waals surface area contributed by atoms with Gasteiger partial charge < -0.3 is 43.1 Å². The van der Waals surface area contributed by atoms with E-state index in [9.17, 15) is 22.8 Å². The first-order chi connectivity index (χ1) is 58.4. The van der Waals surface area contributed by atoms with E-state index in [0.29, 0.717) is 48.6 Å². The number of hydrogen-bond donors (Lipinski definition) is 1. The average Bonchev–Trinajstić information content (AvgIpc) is 1.58. The molecule has 0 unspecified atom stereocenters. The Kier molecular flexibility index (Phi) is 36.9. The Bertz CT molecular complexity index is 5160. The highest BCUT2D eigenvalue weighted by atomic mass is 127. The Morgan fingerprint density at radius 1 is 0.573 bits per heavy atom. The largest absolute Gasteiger partial charge is 1.00 e. The highest BCUT2D eigenvalue weighted by Crippen LogP contribution is 2.51. The molecule has 1 aromatic heterocycles. The predicted molar refractivity (Wildman–Crippen MR) is 496 cm³/mol. The lowest BCUT2D eigenvalue weighted by molar-refractivity contribution is -0.597. The summed E-state index contributed by atoms with van der Waals surface area (Å²) < 4.78 is 67.7. The first kappa shape index (κ1) is 99.2. The van der Waals surface area contributed by atoms with Crippen molar-refractivity contribution in [2.45, 2.75) is 177 Å². The lowest BCUT2D eigenvalue weighted by atomic mass is 9.80. The summed E-state index contributed by atoms with van der Waals surface area (Å²) in [7, 11) is 3.32. The predicted octanol–water partition coefficient (Wildman–Crippen LogP) is 20.0. The maximum atomic E-state index is 12.2. The van der Waals surface area contributed by atoms with Crippen LogP contribution < -0.4 is 45.0 Å². The molecule has 9 aromatic carbocycles. The maximum absolute atomic E-state index is 12.2. The van der Waals surface area contributed by atoms with Crippen molar-refractivity contribution in [1.29, 1.82) is 0 Å². The lowest BCUT2D eigenvalue weighted by Crippen LogP contribution is -3.61. The van der Waals surface area contributed by atoms with E-state index >= 15 is 0 Å². The van der Waals surface area contributed by atoms with Crippen molar-refractivity contribution in [3.8, 4) is 79.4 Å². The molecular weight excluding hydrogens is 1700 g/mol. The summed E-state index contributed by atoms with van der Waals surface area (Å²) in [5.41, 5.74) is 21.6. The van der Waals surface area contributed by atoms with Gasteiger partial charge in [0.1, 0.15) is 29.6 Å². The van der Waals surface area contributed by atoms with Gasteiger partial charge in [-0.05, 0) is 187 Å². The SMILES string of the molecule is C.CC(C)(C)c1ccc([I+]c2ccc(C(C)(C)C)cc2)cc1.CCCCCCCCOC(=O)COc1ccc(-c2nc(-c3ccc(-c4ccccc4)cc3)nc(-c3ccc(-c4ccccc4)cc3)n2)c(O)c1.COCCN1/C(=C\C=C2/CCCC(/C=C/C3=[N+](CCOC)c4c(C)cc(OC)cc4C3(C)C)=C2Cl)C(C)(C)c2cc(OC)cc(C)c21.FB(F)F.[F-]. The van der Waals surface area contributed by atoms with Crippen LogP contribution in [0.2, 0.25) is 0 Å². The van der Waals surface area contributed by atoms with Gasteiger partial charge >= 0.3 is 34.7 Å². The molecule has 0 radical (unpaired) electrons. The van der Waals surface area contributed by atoms with Crippen LogP contribution in [0.25, 0.3) is 56.4 Å². The van der Waals surface area contributed by atoms with Crippen LogP contribution >= 0.6 is 11.6 Å². The first-order valence-corrected chi connectivity index (χ1v) is 44.7. The second kappa shape index (κ2) is 46.2. The number of unbranched alkanes of at least 4 members (excludes halogenated alkanes) is 5. The Morgan fingerprint density at radius 2 is 1.06 bits per heavy atom. The van der Waals surface area contributed by atoms with Gasteiger partial charge in [-0.3, -0.25) is 12.9 Å². The van der Waals surface area contributed by atoms with Gasteiger partial charge in [0.05, 0.1) is 38.4 Å². The van der Waals surface area contributed by atoms with Crippen LogP contribution in [0.4, 0.5) is 24.3 Å². The van der Waals surface area contributed by atoms with Gasteiger partial charge in [0.25, 0.3) is 0 Å². The Hall–Kier alpha value is -10.2. The highest BCUT2D eigenvalue weighted by molar-refractivity contribution is 6.33. The molecule has 2 aliphatic heterocycles. The Balaban J connectivity index is 0.000000239. The topological polar surface area (TPSA) is 138 Å². The number of phenols is 1. The summed E-state index contributed by atoms with van der Waals surface area (Å²) in [5.74, 6) is 2.86. The number of aromatic hydroxyl groups is 1. The summed E-state index contributed by atoms with van der Waals surface area (Å²) in [6.45, 7) is 32.2. The van der Waals surface area contributed by atoms with Gasteiger partial charge in [0.2, 0.25) is 5.69 Å². The van der Waals surface area contributed by atoms with E-state index < -0.39 is 13.5 Å². The van der Waals surface area contributed by atoms with Crippen LogP contribution in [0.1, 0.15) is 175 Å². The van der Waals surface area contributed by atoms with Crippen LogP contribution in [0.5, 0.6) is 23.0 Å². The second-order valence-electron chi connectivity index (χ2n) is 33.9. The van der Waals surface area contributed by atoms with Crippen molar-refractivity contribution in [3.05, 3.63) is 287 Å². The average molecular weight is 1820 g/mol. The number of esters is 1. The van der Waals surface area contributed by atoms with Gasteiger partial charge in [-0.1, -0.05) is 259 Å². The van der Waals surface area contributed by atoms with Crippen molar-refractivity contribution < 1.29 is 81.8 Å². The van der Waals surface area contributed by atoms with Crippen LogP contribution in [-0.2, 0) is 40.7 Å². The first-order valence-electron chi connectivity index (χ1n) is 42.1. The monoisotopic (exact) mass is 1820 g/mol. The molecule has 0 saturated heterocycles. The number of carbonyl (C=O) groups excluding carboxylic acids is 1. The zero-order valence-electron chi connectivity index (χ0n) is 74.4. The van der Waals surface area contributed by atoms with Crippen molar-refractivity contribution in [2.24, 2.45) is 0 Å². The van der Waals surface area contributed by atoms with Crippen LogP contribution in [0.3, 0.4) is 0 Å². The number of anilines is 1. The zero-order chi connectivity index (χ0) is 87.9. The smallest absolute Gasteiger partial charge is 0.762 e. The number of carbonyl (C=O) groups is 1. The zero-order valence-corrected chi connectivity index (χ0v) is 77.3. The molecule has 0 spiro atoms. The fourth-order valence-electron chi connectivity index (χ4n) is 15.4. The van der Waals surface area contributed by atoms with Crippen molar-refractivity contribution in [1.82, 2.24) is 15.0 Å². The van der Waals surface area contributed by atoms with Crippen molar-refractivity contribution in [2.75, 3.05) is 72.9 Å². The Labute approximate surface area is 749 Å². The molecule has 0 fully saturated rings. The molecule has 1 aliphatic carbocycles. The molecule has 3 aliphatic rings. The van der Waals surface area contributed by atoms with Crippen molar-refractivity contribution in [3.63, 3.8) is 0 Å². The third-order valence-electron chi connectivity index (χ3n) is 22.2. The molecule has 0 bridgehead atoms. The molecule has 0 atom stereocenters. The molecule has 13 rings (SSSR count). The minimum absolute atomic E-state index is 0. The van der Waals surface area contributed by atoms with Gasteiger partial charge in [0.15, 0.2) is 43.5 Å². The highest BCUT2D eigenvalue weighted by Gasteiger charge is 2.46. The minimum atomic E-state index is -3.67. The molecule has 10 aromatic rings. The number of allylic oxidation sites excluding steroid dienone is 8. The number of nitrogens with zero attached hydrogens (tertiary/aromatic N) is 5. The molecule has 13 nitrogen and oxygen atoms in total. The number of ether oxygens (including phenoxy) is 6. The Morgan fingerprint density at radius 3 is 1.57 bits per heavy atom. The van der Waals surface area contributed by atoms with Gasteiger partial charge in [0, 0.05) is 77.0 Å². The number of rotatable bonds is 28. The van der Waals surface area contributed by atoms with Crippen LogP contribution in [-0.4, -0.2) is 112 Å². The summed E-state index contributed by atoms with van der Waals surface area (Å²) in [5, 5.41) is 12.0. The fourth-order valence-corrected chi connectivity index (χ4v) is 17.9. The number of methoxy groups -OCH3 is 4. The number of hydrogen-bond acceptors (Lipinski definition) is 12. The third-order valence-corrected chi connectivity index (χ3v) is 25.4. The van der Waals surface area contributed by atoms with Crippen molar-refractivity contribution >= 4 is 42.2 Å². The molecule has 1 N–H and O–H groups in total. The van der Waals surface area contributed by atoms with Crippen LogP contribution in [0.15, 0.2) is 246 Å². The third kappa shape index (κ3) is 26.2. The van der Waals surface area contributed by atoms with E-state index in [4.69, 9.17) is 55.0 Å². The summed E-state index contributed by atoms with van der Waals surface area (Å²) in [6.07, 6.45) is 18.7. The quantitative estimate of drug-likeness (QED) is 0.0125. The number of phenolic OH excluding ortho intramolecular Hbond substituents is 1. The maximum Gasteiger partial charge on any atom is 0.762 e. The van der Waals surface area contributed by atoms with E-state index in [0.717, 1.165) is 102 Å². The molecule has 3 heterocycles. The molecule has 20 heteroatoms. The summed E-state index contributed by atoms with van der Waals surface area (Å²) >= 11 is 7.16. The number of benzene rings is 9. The van der Waals surface area contributed by atoms with E-state index in [-0.39, 0.29) is 67.4 Å². The lowest BCUT2D eigenvalue weighted by Gasteiger charge is -2.27. The number of halogens is 6. The minimum Gasteiger partial charge on any atom is -1.00 e. The standard InChI is InChI=1S/C43H41N3O4.C40H52ClN2O4.C20H26I.CH4.BF3.FH/c1-2-3-4-5-6-13-28-49-40(48)30-50-37-26-27-38(39(47)29-37)43-45-41(35-22-18-33(19-23-35)31-14-9-7-10-15-31)44-42(46-43)36-24-20-34(21-25-36)32-16-11-8-12-17-32;1-26-22-30(46-9)24-32-37(26)42(18-20-44-7)34(39(32,3)4)16-14-28-12-11-13-29(36(28)41)15-17-35-40(5,6)33-25-31(47-10)23-27(2)38(33)43(35)19-21-45-8;1-19(2,3)15-7-11-17(12-8-15)21-18-13-9-16(10-14-18)20(4,5)6;;2-1(3)4;/h7-12,14-27,29,47H,2-6,13,28,30H2,1H3;14-17,22-25H,11-13,18-21H2,1-10H3;7-14H,1-6H3;1H4;;1H/q;2*+1;;;/p-1. The van der Waals surface area contributed by atoms with E-state index in [2.05, 4.69) is 221 Å². The summed E-state index contributed by atoms with van der Waals surface area (Å²) in [6, 6.07) is 68.3. The molecule has 0 saturated carbocycles. The number of fused-ring (bicyclic) bond motifs is 2. The van der Waals surface area contributed by atoms with E-state index in [1.807, 2.05) is 84.9 Å². The van der Waals surface area contributed by atoms with Gasteiger partial charge in [-0.15, -0.1) is 0 Å².